The van der Waals surface area contributed by atoms with Crippen LogP contribution in [0.3, 0.4) is 0 Å². The van der Waals surface area contributed by atoms with Gasteiger partial charge in [0.25, 0.3) is 0 Å². The SMILES string of the molecule is Cc1cccc(Nc2ccc(N(c3ccc(Nc4cccc(C)c4-c4ccc5ccccc5c4)cc3)c3ccc(Nc4cccc(C)c4-c4ccc5ccccc5c4)cc3)cc2)c1-c1ccc2ccccc2c1. The van der Waals surface area contributed by atoms with Crippen molar-refractivity contribution in [1.82, 2.24) is 0 Å². The van der Waals surface area contributed by atoms with Gasteiger partial charge in [0.05, 0.1) is 0 Å². The summed E-state index contributed by atoms with van der Waals surface area (Å²) in [4.78, 5) is 2.32. The molecule has 0 saturated carbocycles. The quantitative estimate of drug-likeness (QED) is 0.114. The molecule has 0 heterocycles. The van der Waals surface area contributed by atoms with Gasteiger partial charge >= 0.3 is 0 Å². The zero-order chi connectivity index (χ0) is 49.3. The van der Waals surface area contributed by atoms with Gasteiger partial charge in [-0.15, -0.1) is 0 Å². The summed E-state index contributed by atoms with van der Waals surface area (Å²) in [5, 5.41) is 18.8. The van der Waals surface area contributed by atoms with E-state index in [1.807, 2.05) is 0 Å². The van der Waals surface area contributed by atoms with Gasteiger partial charge in [-0.25, -0.2) is 0 Å². The highest BCUT2D eigenvalue weighted by Crippen LogP contribution is 2.41. The summed E-state index contributed by atoms with van der Waals surface area (Å²) in [5.41, 5.74) is 20.2. The number of aryl methyl sites for hydroxylation is 3. The molecular weight excluding hydrogens is 885 g/mol. The molecule has 12 aromatic carbocycles. The van der Waals surface area contributed by atoms with Gasteiger partial charge in [-0.2, -0.15) is 0 Å². The normalized spacial score (nSPS) is 11.2. The molecule has 0 atom stereocenters. The summed E-state index contributed by atoms with van der Waals surface area (Å²) in [6.07, 6.45) is 0. The smallest absolute Gasteiger partial charge is 0.0466 e. The van der Waals surface area contributed by atoms with Crippen LogP contribution >= 0.6 is 0 Å². The number of hydrogen-bond donors (Lipinski definition) is 3. The Morgan fingerprint density at radius 1 is 0.247 bits per heavy atom. The maximum atomic E-state index is 3.79. The number of nitrogens with one attached hydrogen (secondary N) is 3. The van der Waals surface area contributed by atoms with E-state index in [9.17, 15) is 0 Å². The highest BCUT2D eigenvalue weighted by Gasteiger charge is 2.17. The van der Waals surface area contributed by atoms with Crippen LogP contribution in [0.5, 0.6) is 0 Å². The van der Waals surface area contributed by atoms with E-state index in [2.05, 4.69) is 296 Å². The highest BCUT2D eigenvalue weighted by molar-refractivity contribution is 5.95. The lowest BCUT2D eigenvalue weighted by molar-refractivity contribution is 1.28. The van der Waals surface area contributed by atoms with Crippen molar-refractivity contribution in [3.63, 3.8) is 0 Å². The molecule has 4 heteroatoms. The predicted molar refractivity (Wildman–Crippen MR) is 313 cm³/mol. The summed E-state index contributed by atoms with van der Waals surface area (Å²) in [7, 11) is 0. The van der Waals surface area contributed by atoms with Crippen LogP contribution in [0.2, 0.25) is 0 Å². The minimum atomic E-state index is 1.01. The largest absolute Gasteiger partial charge is 0.355 e. The predicted octanol–water partition coefficient (Wildman–Crippen LogP) is 19.8. The van der Waals surface area contributed by atoms with Crippen LogP contribution in [-0.2, 0) is 0 Å². The summed E-state index contributed by atoms with van der Waals surface area (Å²) >= 11 is 0. The van der Waals surface area contributed by atoms with Gasteiger partial charge in [0, 0.05) is 67.9 Å². The maximum absolute atomic E-state index is 3.79. The summed E-state index contributed by atoms with van der Waals surface area (Å²) in [5.74, 6) is 0. The van der Waals surface area contributed by atoms with Crippen LogP contribution in [0.1, 0.15) is 16.7 Å². The Hall–Kier alpha value is -9.38. The number of fused-ring (bicyclic) bond motifs is 3. The second-order valence-electron chi connectivity index (χ2n) is 19.0. The molecule has 0 aliphatic rings. The number of hydrogen-bond acceptors (Lipinski definition) is 4. The van der Waals surface area contributed by atoms with Crippen molar-refractivity contribution in [2.75, 3.05) is 20.9 Å². The number of nitrogens with zero attached hydrogens (tertiary/aromatic N) is 1. The molecule has 12 rings (SSSR count). The third-order valence-electron chi connectivity index (χ3n) is 14.1. The molecule has 0 unspecified atom stereocenters. The lowest BCUT2D eigenvalue weighted by Crippen LogP contribution is -2.10. The highest BCUT2D eigenvalue weighted by atomic mass is 15.1. The summed E-state index contributed by atoms with van der Waals surface area (Å²) in [6, 6.07) is 91.6. The molecule has 4 nitrogen and oxygen atoms in total. The first-order chi connectivity index (χ1) is 35.9. The first kappa shape index (κ1) is 44.8. The molecular formula is C69H54N4. The molecule has 350 valence electrons. The van der Waals surface area contributed by atoms with E-state index in [0.29, 0.717) is 0 Å². The second kappa shape index (κ2) is 19.4. The van der Waals surface area contributed by atoms with Gasteiger partial charge in [-0.3, -0.25) is 0 Å². The molecule has 12 aromatic rings. The monoisotopic (exact) mass is 938 g/mol. The van der Waals surface area contributed by atoms with Crippen molar-refractivity contribution in [1.29, 1.82) is 0 Å². The van der Waals surface area contributed by atoms with Crippen LogP contribution in [0.4, 0.5) is 51.2 Å². The Labute approximate surface area is 427 Å². The Morgan fingerprint density at radius 2 is 0.521 bits per heavy atom. The maximum Gasteiger partial charge on any atom is 0.0466 e. The third kappa shape index (κ3) is 9.15. The van der Waals surface area contributed by atoms with Crippen molar-refractivity contribution >= 4 is 83.5 Å². The zero-order valence-corrected chi connectivity index (χ0v) is 41.2. The van der Waals surface area contributed by atoms with E-state index >= 15 is 0 Å². The number of rotatable bonds is 12. The van der Waals surface area contributed by atoms with Gasteiger partial charge in [0.15, 0.2) is 0 Å². The fraction of sp³-hybridized carbons (Fsp3) is 0.0435. The van der Waals surface area contributed by atoms with E-state index < -0.39 is 0 Å². The van der Waals surface area contributed by atoms with Gasteiger partial charge in [-0.05, 0) is 196 Å². The molecule has 0 aromatic heterocycles. The van der Waals surface area contributed by atoms with Crippen molar-refractivity contribution in [2.45, 2.75) is 20.8 Å². The van der Waals surface area contributed by atoms with Gasteiger partial charge in [-0.1, -0.05) is 146 Å². The molecule has 0 radical (unpaired) electrons. The number of anilines is 9. The lowest BCUT2D eigenvalue weighted by atomic mass is 9.96. The zero-order valence-electron chi connectivity index (χ0n) is 41.2. The average molecular weight is 939 g/mol. The first-order valence-corrected chi connectivity index (χ1v) is 25.1. The Morgan fingerprint density at radius 3 is 0.808 bits per heavy atom. The second-order valence-corrected chi connectivity index (χ2v) is 19.0. The molecule has 0 aliphatic carbocycles. The van der Waals surface area contributed by atoms with Crippen molar-refractivity contribution in [3.8, 4) is 33.4 Å². The van der Waals surface area contributed by atoms with Crippen LogP contribution in [0, 0.1) is 20.8 Å². The Balaban J connectivity index is 0.868. The van der Waals surface area contributed by atoms with Gasteiger partial charge in [0.2, 0.25) is 0 Å². The standard InChI is InChI=1S/C69H54N4/c1-46-13-10-22-64(67(46)55-28-25-49-16-4-7-19-52(49)43-55)70-58-31-37-61(38-32-58)73(62-39-33-59(34-40-62)71-65-23-11-14-47(2)68(65)56-29-26-50-17-5-8-20-53(50)44-56)63-41-35-60(36-42-63)72-66-24-12-15-48(3)69(66)57-30-27-51-18-6-9-21-54(51)45-57/h4-45,70-72H,1-3H3. The van der Waals surface area contributed by atoms with E-state index in [1.165, 1.54) is 82.4 Å². The van der Waals surface area contributed by atoms with Crippen LogP contribution < -0.4 is 20.9 Å². The topological polar surface area (TPSA) is 39.3 Å². The molecule has 0 spiro atoms. The lowest BCUT2D eigenvalue weighted by Gasteiger charge is -2.26. The van der Waals surface area contributed by atoms with Crippen LogP contribution in [-0.4, -0.2) is 0 Å². The fourth-order valence-corrected chi connectivity index (χ4v) is 10.5. The van der Waals surface area contributed by atoms with E-state index in [4.69, 9.17) is 0 Å². The minimum Gasteiger partial charge on any atom is -0.355 e. The molecule has 0 aliphatic heterocycles. The number of benzene rings is 12. The summed E-state index contributed by atoms with van der Waals surface area (Å²) in [6.45, 7) is 6.56. The van der Waals surface area contributed by atoms with Crippen LogP contribution in [0.15, 0.2) is 255 Å². The molecule has 0 amide bonds. The third-order valence-corrected chi connectivity index (χ3v) is 14.1. The first-order valence-electron chi connectivity index (χ1n) is 25.1. The molecule has 0 fully saturated rings. The van der Waals surface area contributed by atoms with E-state index in [1.54, 1.807) is 0 Å². The van der Waals surface area contributed by atoms with Crippen molar-refractivity contribution < 1.29 is 0 Å². The molecule has 73 heavy (non-hydrogen) atoms. The molecule has 0 bridgehead atoms. The Bertz CT molecular complexity index is 3550. The summed E-state index contributed by atoms with van der Waals surface area (Å²) < 4.78 is 0. The van der Waals surface area contributed by atoms with E-state index in [0.717, 1.165) is 51.2 Å². The fourth-order valence-electron chi connectivity index (χ4n) is 10.5. The minimum absolute atomic E-state index is 1.01. The van der Waals surface area contributed by atoms with Crippen LogP contribution in [0.25, 0.3) is 65.7 Å². The van der Waals surface area contributed by atoms with Crippen molar-refractivity contribution in [2.24, 2.45) is 0 Å². The average Bonchev–Trinajstić information content (AvgIpc) is 3.42. The van der Waals surface area contributed by atoms with Gasteiger partial charge < -0.3 is 20.9 Å². The molecule has 0 saturated heterocycles. The van der Waals surface area contributed by atoms with E-state index in [-0.39, 0.29) is 0 Å². The molecule has 3 N–H and O–H groups in total. The van der Waals surface area contributed by atoms with Crippen molar-refractivity contribution in [3.05, 3.63) is 271 Å². The van der Waals surface area contributed by atoms with Gasteiger partial charge in [0.1, 0.15) is 0 Å². The Kier molecular flexibility index (Phi) is 11.9.